The van der Waals surface area contributed by atoms with Gasteiger partial charge in [0.15, 0.2) is 0 Å². The first-order valence-electron chi connectivity index (χ1n) is 13.6. The topological polar surface area (TPSA) is 41.9 Å². The van der Waals surface area contributed by atoms with Crippen molar-refractivity contribution in [2.75, 3.05) is 32.9 Å². The largest absolute Gasteiger partial charge is 0.508 e. The summed E-state index contributed by atoms with van der Waals surface area (Å²) in [4.78, 5) is 2.27. The van der Waals surface area contributed by atoms with Gasteiger partial charge in [-0.15, -0.1) is 0 Å². The lowest BCUT2D eigenvalue weighted by Crippen LogP contribution is -2.26. The number of aryl methyl sites for hydroxylation is 1. The summed E-state index contributed by atoms with van der Waals surface area (Å²) in [6.45, 7) is 4.85. The van der Waals surface area contributed by atoms with E-state index < -0.39 is 0 Å². The van der Waals surface area contributed by atoms with Crippen LogP contribution in [0.5, 0.6) is 17.2 Å². The van der Waals surface area contributed by atoms with E-state index >= 15 is 0 Å². The first-order valence-corrected chi connectivity index (χ1v) is 14.0. The van der Waals surface area contributed by atoms with Gasteiger partial charge in [-0.2, -0.15) is 0 Å². The maximum atomic E-state index is 12.5. The number of likely N-dealkylation sites (tertiary alicyclic amines) is 1. The SMILES string of the molecule is CCOc1ccc(C2=C(c3ccc(O[C@H]4CCN(CCCF)C4)cc3)c3ccc(O)cc3CCC2)c(Cl)c1. The number of benzene rings is 3. The van der Waals surface area contributed by atoms with E-state index in [2.05, 4.69) is 23.1 Å². The van der Waals surface area contributed by atoms with Gasteiger partial charge in [-0.1, -0.05) is 29.8 Å². The number of alkyl halides is 1. The van der Waals surface area contributed by atoms with E-state index in [-0.39, 0.29) is 18.5 Å². The summed E-state index contributed by atoms with van der Waals surface area (Å²) < 4.78 is 24.5. The molecule has 0 amide bonds. The zero-order valence-corrected chi connectivity index (χ0v) is 22.6. The molecule has 200 valence electrons. The highest BCUT2D eigenvalue weighted by molar-refractivity contribution is 6.33. The summed E-state index contributed by atoms with van der Waals surface area (Å²) in [5.74, 6) is 1.89. The Labute approximate surface area is 229 Å². The van der Waals surface area contributed by atoms with Crippen molar-refractivity contribution in [3.05, 3.63) is 87.9 Å². The van der Waals surface area contributed by atoms with Crippen molar-refractivity contribution >= 4 is 22.7 Å². The molecule has 0 radical (unpaired) electrons. The molecule has 3 aromatic carbocycles. The smallest absolute Gasteiger partial charge is 0.120 e. The Morgan fingerprint density at radius 2 is 1.79 bits per heavy atom. The number of phenols is 1. The number of hydrogen-bond donors (Lipinski definition) is 1. The summed E-state index contributed by atoms with van der Waals surface area (Å²) in [7, 11) is 0. The zero-order valence-electron chi connectivity index (χ0n) is 21.9. The van der Waals surface area contributed by atoms with Gasteiger partial charge in [0.2, 0.25) is 0 Å². The van der Waals surface area contributed by atoms with Crippen molar-refractivity contribution in [1.29, 1.82) is 0 Å². The molecule has 5 rings (SSSR count). The lowest BCUT2D eigenvalue weighted by molar-refractivity contribution is 0.198. The highest BCUT2D eigenvalue weighted by Crippen LogP contribution is 2.43. The molecule has 1 heterocycles. The summed E-state index contributed by atoms with van der Waals surface area (Å²) in [6, 6.07) is 19.9. The molecule has 1 fully saturated rings. The van der Waals surface area contributed by atoms with Crippen LogP contribution < -0.4 is 9.47 Å². The predicted octanol–water partition coefficient (Wildman–Crippen LogP) is 7.55. The van der Waals surface area contributed by atoms with Crippen LogP contribution in [0.2, 0.25) is 5.02 Å². The molecule has 3 aromatic rings. The third-order valence-corrected chi connectivity index (χ3v) is 7.71. The molecule has 1 atom stereocenters. The van der Waals surface area contributed by atoms with Gasteiger partial charge < -0.3 is 14.6 Å². The fourth-order valence-electron chi connectivity index (χ4n) is 5.64. The lowest BCUT2D eigenvalue weighted by Gasteiger charge is -2.19. The fourth-order valence-corrected chi connectivity index (χ4v) is 5.93. The lowest BCUT2D eigenvalue weighted by atomic mass is 9.87. The van der Waals surface area contributed by atoms with Crippen molar-refractivity contribution in [2.24, 2.45) is 0 Å². The molecule has 0 aromatic heterocycles. The number of halogens is 2. The van der Waals surface area contributed by atoms with Gasteiger partial charge in [-0.25, -0.2) is 0 Å². The van der Waals surface area contributed by atoms with Gasteiger partial charge in [0.1, 0.15) is 23.4 Å². The first kappa shape index (κ1) is 26.6. The number of rotatable bonds is 9. The fraction of sp³-hybridized carbons (Fsp3) is 0.375. The average Bonchev–Trinajstić information content (AvgIpc) is 3.27. The van der Waals surface area contributed by atoms with Gasteiger partial charge in [0.25, 0.3) is 0 Å². The Morgan fingerprint density at radius 1 is 1.00 bits per heavy atom. The molecule has 6 heteroatoms. The standard InChI is InChI=1S/C32H35ClFNO3/c1-2-37-26-12-14-29(31(33)20-26)30-6-3-5-23-19-24(36)9-13-28(23)32(30)22-7-10-25(11-8-22)38-27-15-18-35(21-27)17-4-16-34/h7-14,19-20,27,36H,2-6,15-18,21H2,1H3/t27-/m0/s1. The Hall–Kier alpha value is -3.02. The van der Waals surface area contributed by atoms with Crippen LogP contribution in [0.4, 0.5) is 4.39 Å². The van der Waals surface area contributed by atoms with Crippen molar-refractivity contribution in [1.82, 2.24) is 4.90 Å². The quantitative estimate of drug-likeness (QED) is 0.307. The van der Waals surface area contributed by atoms with E-state index in [9.17, 15) is 9.50 Å². The summed E-state index contributed by atoms with van der Waals surface area (Å²) in [5, 5.41) is 10.9. The highest BCUT2D eigenvalue weighted by Gasteiger charge is 2.25. The van der Waals surface area contributed by atoms with Gasteiger partial charge in [0, 0.05) is 19.6 Å². The second-order valence-corrected chi connectivity index (χ2v) is 10.4. The number of hydrogen-bond acceptors (Lipinski definition) is 4. The number of phenolic OH excluding ortho intramolecular Hbond substituents is 1. The number of fused-ring (bicyclic) bond motifs is 1. The van der Waals surface area contributed by atoms with Crippen molar-refractivity contribution in [2.45, 2.75) is 45.1 Å². The molecule has 1 N–H and O–H groups in total. The van der Waals surface area contributed by atoms with Crippen LogP contribution in [-0.4, -0.2) is 49.0 Å². The van der Waals surface area contributed by atoms with Crippen molar-refractivity contribution in [3.8, 4) is 17.2 Å². The normalized spacial score (nSPS) is 17.8. The van der Waals surface area contributed by atoms with Crippen LogP contribution in [-0.2, 0) is 6.42 Å². The molecule has 0 spiro atoms. The maximum absolute atomic E-state index is 12.5. The molecule has 4 nitrogen and oxygen atoms in total. The summed E-state index contributed by atoms with van der Waals surface area (Å²) in [5.41, 5.74) is 6.67. The van der Waals surface area contributed by atoms with E-state index in [1.54, 1.807) is 6.07 Å². The van der Waals surface area contributed by atoms with E-state index in [0.717, 1.165) is 84.6 Å². The van der Waals surface area contributed by atoms with E-state index in [1.165, 1.54) is 5.57 Å². The maximum Gasteiger partial charge on any atom is 0.120 e. The Kier molecular flexibility index (Phi) is 8.55. The number of allylic oxidation sites excluding steroid dienone is 1. The number of aromatic hydroxyl groups is 1. The van der Waals surface area contributed by atoms with Gasteiger partial charge in [-0.05, 0) is 115 Å². The van der Waals surface area contributed by atoms with Crippen molar-refractivity contribution in [3.63, 3.8) is 0 Å². The van der Waals surface area contributed by atoms with E-state index in [1.807, 2.05) is 43.3 Å². The monoisotopic (exact) mass is 535 g/mol. The van der Waals surface area contributed by atoms with E-state index in [4.69, 9.17) is 21.1 Å². The number of ether oxygens (including phenoxy) is 2. The molecule has 0 bridgehead atoms. The van der Waals surface area contributed by atoms with Crippen LogP contribution >= 0.6 is 11.6 Å². The van der Waals surface area contributed by atoms with Crippen LogP contribution in [0.25, 0.3) is 11.1 Å². The Morgan fingerprint density at radius 3 is 2.55 bits per heavy atom. The molecule has 38 heavy (non-hydrogen) atoms. The molecule has 1 aliphatic carbocycles. The third-order valence-electron chi connectivity index (χ3n) is 7.39. The minimum absolute atomic E-state index is 0.125. The van der Waals surface area contributed by atoms with Gasteiger partial charge in [0.05, 0.1) is 18.3 Å². The van der Waals surface area contributed by atoms with Crippen LogP contribution in [0.15, 0.2) is 60.7 Å². The molecular formula is C32H35ClFNO3. The third kappa shape index (κ3) is 6.00. The highest BCUT2D eigenvalue weighted by atomic mass is 35.5. The second-order valence-electron chi connectivity index (χ2n) is 10.0. The van der Waals surface area contributed by atoms with Gasteiger partial charge >= 0.3 is 0 Å². The summed E-state index contributed by atoms with van der Waals surface area (Å²) in [6.07, 6.45) is 4.37. The summed E-state index contributed by atoms with van der Waals surface area (Å²) >= 11 is 6.82. The second kappa shape index (κ2) is 12.2. The zero-order chi connectivity index (χ0) is 26.5. The minimum atomic E-state index is -0.272. The number of nitrogens with zero attached hydrogens (tertiary/aromatic N) is 1. The molecular weight excluding hydrogens is 501 g/mol. The molecule has 2 aliphatic rings. The first-order chi connectivity index (χ1) is 18.6. The average molecular weight is 536 g/mol. The van der Waals surface area contributed by atoms with Crippen LogP contribution in [0.3, 0.4) is 0 Å². The van der Waals surface area contributed by atoms with Gasteiger partial charge in [-0.3, -0.25) is 9.29 Å². The Balaban J connectivity index is 1.49. The molecule has 1 aliphatic heterocycles. The minimum Gasteiger partial charge on any atom is -0.508 e. The van der Waals surface area contributed by atoms with Crippen LogP contribution in [0, 0.1) is 0 Å². The van der Waals surface area contributed by atoms with Crippen LogP contribution in [0.1, 0.15) is 54.9 Å². The Bertz CT molecular complexity index is 1290. The van der Waals surface area contributed by atoms with Crippen molar-refractivity contribution < 1.29 is 19.0 Å². The molecule has 1 saturated heterocycles. The molecule has 0 saturated carbocycles. The van der Waals surface area contributed by atoms with E-state index in [0.29, 0.717) is 18.1 Å². The predicted molar refractivity (Wildman–Crippen MR) is 152 cm³/mol. The molecule has 0 unspecified atom stereocenters.